The van der Waals surface area contributed by atoms with E-state index in [0.717, 1.165) is 43.9 Å². The molecule has 0 radical (unpaired) electrons. The lowest BCUT2D eigenvalue weighted by Gasteiger charge is -2.61. The van der Waals surface area contributed by atoms with Crippen LogP contribution in [0.1, 0.15) is 38.2 Å². The average Bonchev–Trinajstić information content (AvgIpc) is 3.44. The van der Waals surface area contributed by atoms with Gasteiger partial charge in [-0.2, -0.15) is 0 Å². The van der Waals surface area contributed by atoms with E-state index in [2.05, 4.69) is 4.72 Å². The summed E-state index contributed by atoms with van der Waals surface area (Å²) in [6.45, 7) is 1.56. The Bertz CT molecular complexity index is 1290. The molecule has 9 heteroatoms. The van der Waals surface area contributed by atoms with E-state index in [1.165, 1.54) is 6.07 Å². The number of benzene rings is 2. The molecule has 4 saturated carbocycles. The first-order chi connectivity index (χ1) is 16.6. The summed E-state index contributed by atoms with van der Waals surface area (Å²) in [5.74, 6) is -1.60. The maximum absolute atomic E-state index is 15.7. The fraction of sp³-hybridized carbons (Fsp3) is 0.500. The van der Waals surface area contributed by atoms with E-state index in [1.54, 1.807) is 19.1 Å². The van der Waals surface area contributed by atoms with Gasteiger partial charge in [0, 0.05) is 23.7 Å². The molecule has 0 aromatic heterocycles. The van der Waals surface area contributed by atoms with E-state index in [-0.39, 0.29) is 52.1 Å². The number of rotatable bonds is 7. The van der Waals surface area contributed by atoms with Crippen molar-refractivity contribution in [3.05, 3.63) is 59.4 Å². The summed E-state index contributed by atoms with van der Waals surface area (Å²) < 4.78 is 71.0. The molecular formula is C26H27F3N2O3S. The van der Waals surface area contributed by atoms with Crippen LogP contribution in [-0.4, -0.2) is 43.1 Å². The monoisotopic (exact) mass is 504 g/mol. The molecule has 4 aliphatic carbocycles. The lowest BCUT2D eigenvalue weighted by molar-refractivity contribution is -0.179. The van der Waals surface area contributed by atoms with E-state index >= 15 is 4.39 Å². The van der Waals surface area contributed by atoms with Crippen molar-refractivity contribution in [2.75, 3.05) is 5.75 Å². The third-order valence-corrected chi connectivity index (χ3v) is 9.89. The third-order valence-electron chi connectivity index (χ3n) is 8.50. The van der Waals surface area contributed by atoms with Gasteiger partial charge >= 0.3 is 0 Å². The molecule has 2 bridgehead atoms. The van der Waals surface area contributed by atoms with Crippen LogP contribution >= 0.6 is 0 Å². The first kappa shape index (κ1) is 23.0. The minimum atomic E-state index is -3.54. The van der Waals surface area contributed by atoms with Gasteiger partial charge in [0.15, 0.2) is 0 Å². The maximum atomic E-state index is 15.7. The van der Waals surface area contributed by atoms with Crippen molar-refractivity contribution in [3.8, 4) is 11.1 Å². The first-order valence-corrected chi connectivity index (χ1v) is 13.8. The first-order valence-electron chi connectivity index (χ1n) is 12.2. The van der Waals surface area contributed by atoms with Crippen molar-refractivity contribution in [1.29, 1.82) is 0 Å². The van der Waals surface area contributed by atoms with Gasteiger partial charge in [-0.15, -0.1) is 0 Å². The predicted molar refractivity (Wildman–Crippen MR) is 124 cm³/mol. The lowest BCUT2D eigenvalue weighted by Crippen LogP contribution is -2.63. The van der Waals surface area contributed by atoms with Crippen molar-refractivity contribution in [2.24, 2.45) is 17.3 Å². The number of fused-ring (bicyclic) bond motifs is 1. The van der Waals surface area contributed by atoms with Gasteiger partial charge in [0.2, 0.25) is 15.9 Å². The summed E-state index contributed by atoms with van der Waals surface area (Å²) in [5.41, 5.74) is 0.108. The molecule has 1 amide bonds. The summed E-state index contributed by atoms with van der Waals surface area (Å²) in [6, 6.07) is 6.51. The highest BCUT2D eigenvalue weighted by molar-refractivity contribution is 7.89. The van der Waals surface area contributed by atoms with Gasteiger partial charge in [0.25, 0.3) is 0 Å². The number of sulfonamides is 1. The summed E-state index contributed by atoms with van der Waals surface area (Å²) in [5, 5.41) is 0. The highest BCUT2D eigenvalue weighted by Gasteiger charge is 2.68. The Kier molecular flexibility index (Phi) is 5.14. The Balaban J connectivity index is 1.35. The van der Waals surface area contributed by atoms with Crippen LogP contribution in [0.5, 0.6) is 0 Å². The SMILES string of the molecule is CCS(=O)(=O)N[C@@H]1[C@H]2C[C@H]2N(C(=O)C23CC(C2)C3)[C@@H]1Cc1cccc(-c2cc(F)cc(F)c2)c1F. The van der Waals surface area contributed by atoms with Gasteiger partial charge < -0.3 is 4.90 Å². The highest BCUT2D eigenvalue weighted by atomic mass is 32.2. The number of halogens is 3. The van der Waals surface area contributed by atoms with Gasteiger partial charge in [-0.3, -0.25) is 4.79 Å². The van der Waals surface area contributed by atoms with E-state index in [9.17, 15) is 22.0 Å². The van der Waals surface area contributed by atoms with Crippen molar-refractivity contribution in [2.45, 2.75) is 57.2 Å². The number of amides is 1. The number of hydrogen-bond donors (Lipinski definition) is 1. The number of hydrogen-bond acceptors (Lipinski definition) is 3. The molecule has 1 saturated heterocycles. The zero-order chi connectivity index (χ0) is 24.7. The lowest BCUT2D eigenvalue weighted by atomic mass is 9.44. The Morgan fingerprint density at radius 2 is 1.80 bits per heavy atom. The molecule has 1 aliphatic heterocycles. The normalized spacial score (nSPS) is 32.6. The number of nitrogens with zero attached hydrogens (tertiary/aromatic N) is 1. The molecule has 2 aromatic rings. The molecular weight excluding hydrogens is 477 g/mol. The number of nitrogens with one attached hydrogen (secondary N) is 1. The van der Waals surface area contributed by atoms with Crippen molar-refractivity contribution in [1.82, 2.24) is 9.62 Å². The number of carbonyl (C=O) groups is 1. The minimum Gasteiger partial charge on any atom is -0.334 e. The van der Waals surface area contributed by atoms with Crippen LogP contribution in [0.25, 0.3) is 11.1 Å². The van der Waals surface area contributed by atoms with E-state index in [4.69, 9.17) is 0 Å². The van der Waals surface area contributed by atoms with Crippen LogP contribution in [-0.2, 0) is 21.2 Å². The number of likely N-dealkylation sites (tertiary alicyclic amines) is 1. The molecule has 1 heterocycles. The van der Waals surface area contributed by atoms with Crippen molar-refractivity contribution in [3.63, 3.8) is 0 Å². The van der Waals surface area contributed by atoms with Crippen LogP contribution in [0.3, 0.4) is 0 Å². The summed E-state index contributed by atoms with van der Waals surface area (Å²) in [7, 11) is -3.54. The number of carbonyl (C=O) groups excluding carboxylic acids is 1. The third kappa shape index (κ3) is 3.69. The topological polar surface area (TPSA) is 66.5 Å². The second kappa shape index (κ2) is 7.80. The van der Waals surface area contributed by atoms with Gasteiger partial charge in [-0.1, -0.05) is 18.2 Å². The molecule has 7 rings (SSSR count). The van der Waals surface area contributed by atoms with Crippen molar-refractivity contribution >= 4 is 15.9 Å². The standard InChI is InChI=1S/C26H27F3N2O3S/c1-2-35(33,34)30-24-20-10-21(20)31(25(32)26-11-14(12-26)13-26)22(24)8-15-4-3-5-19(23(15)29)16-6-17(27)9-18(28)7-16/h3-7,9,14,20-22,24,30H,2,8,10-13H2,1H3/t14?,20-,21+,22+,24+,26?/m0/s1. The largest absolute Gasteiger partial charge is 0.334 e. The molecule has 186 valence electrons. The van der Waals surface area contributed by atoms with E-state index in [0.29, 0.717) is 5.92 Å². The maximum Gasteiger partial charge on any atom is 0.229 e. The van der Waals surface area contributed by atoms with Gasteiger partial charge in [-0.25, -0.2) is 26.3 Å². The van der Waals surface area contributed by atoms with E-state index in [1.807, 2.05) is 4.90 Å². The van der Waals surface area contributed by atoms with Gasteiger partial charge in [-0.05, 0) is 74.1 Å². The average molecular weight is 505 g/mol. The fourth-order valence-corrected chi connectivity index (χ4v) is 7.42. The number of piperidine rings is 1. The van der Waals surface area contributed by atoms with Crippen molar-refractivity contribution < 1.29 is 26.4 Å². The molecule has 5 nitrogen and oxygen atoms in total. The second-order valence-corrected chi connectivity index (χ2v) is 12.7. The Morgan fingerprint density at radius 3 is 2.40 bits per heavy atom. The summed E-state index contributed by atoms with van der Waals surface area (Å²) in [6.07, 6.45) is 3.50. The van der Waals surface area contributed by atoms with Gasteiger partial charge in [0.05, 0.1) is 17.2 Å². The Labute approximate surface area is 202 Å². The smallest absolute Gasteiger partial charge is 0.229 e. The molecule has 4 atom stereocenters. The molecule has 5 fully saturated rings. The quantitative estimate of drug-likeness (QED) is 0.620. The van der Waals surface area contributed by atoms with E-state index < -0.39 is 39.6 Å². The zero-order valence-corrected chi connectivity index (χ0v) is 20.1. The molecule has 35 heavy (non-hydrogen) atoms. The van der Waals surface area contributed by atoms with Gasteiger partial charge in [0.1, 0.15) is 17.5 Å². The minimum absolute atomic E-state index is 0.0150. The van der Waals surface area contributed by atoms with Crippen LogP contribution in [0.15, 0.2) is 36.4 Å². The Hall–Kier alpha value is -2.39. The molecule has 0 unspecified atom stereocenters. The zero-order valence-electron chi connectivity index (χ0n) is 19.3. The van der Waals surface area contributed by atoms with Crippen LogP contribution in [0, 0.1) is 34.7 Å². The highest BCUT2D eigenvalue weighted by Crippen LogP contribution is 2.66. The molecule has 1 N–H and O–H groups in total. The van der Waals surface area contributed by atoms with Crippen LogP contribution in [0.2, 0.25) is 0 Å². The second-order valence-electron chi connectivity index (χ2n) is 10.7. The van der Waals surface area contributed by atoms with Crippen LogP contribution in [0.4, 0.5) is 13.2 Å². The summed E-state index contributed by atoms with van der Waals surface area (Å²) in [4.78, 5) is 15.5. The van der Waals surface area contributed by atoms with Crippen LogP contribution < -0.4 is 4.72 Å². The predicted octanol–water partition coefficient (Wildman–Crippen LogP) is 4.02. The Morgan fingerprint density at radius 1 is 1.11 bits per heavy atom. The fourth-order valence-electron chi connectivity index (χ4n) is 6.50. The summed E-state index contributed by atoms with van der Waals surface area (Å²) >= 11 is 0. The molecule has 5 aliphatic rings. The molecule has 2 aromatic carbocycles. The molecule has 0 spiro atoms.